The number of hydrogen-bond acceptors (Lipinski definition) is 1. The average molecular weight is 238 g/mol. The topological polar surface area (TPSA) is 12.0 Å². The fraction of sp³-hybridized carbons (Fsp3) is 0.571. The van der Waals surface area contributed by atoms with Crippen molar-refractivity contribution in [2.24, 2.45) is 5.92 Å². The van der Waals surface area contributed by atoms with Crippen LogP contribution < -0.4 is 5.32 Å². The predicted molar refractivity (Wildman–Crippen MR) is 70.1 cm³/mol. The summed E-state index contributed by atoms with van der Waals surface area (Å²) < 4.78 is 0. The molecule has 0 radical (unpaired) electrons. The Morgan fingerprint density at radius 3 is 2.44 bits per heavy atom. The summed E-state index contributed by atoms with van der Waals surface area (Å²) in [5, 5.41) is 4.41. The molecule has 0 bridgehead atoms. The molecular formula is C14H20ClN. The van der Waals surface area contributed by atoms with Crippen molar-refractivity contribution in [3.05, 3.63) is 34.9 Å². The summed E-state index contributed by atoms with van der Waals surface area (Å²) in [5.41, 5.74) is 1.38. The van der Waals surface area contributed by atoms with Crippen LogP contribution in [0, 0.1) is 5.92 Å². The number of halogens is 1. The van der Waals surface area contributed by atoms with Crippen LogP contribution in [0.2, 0.25) is 5.02 Å². The van der Waals surface area contributed by atoms with E-state index < -0.39 is 0 Å². The van der Waals surface area contributed by atoms with Gasteiger partial charge in [-0.2, -0.15) is 0 Å². The van der Waals surface area contributed by atoms with Crippen LogP contribution in [0.1, 0.15) is 38.2 Å². The molecule has 0 spiro atoms. The van der Waals surface area contributed by atoms with Crippen molar-refractivity contribution >= 4 is 11.6 Å². The minimum absolute atomic E-state index is 0.587. The van der Waals surface area contributed by atoms with Gasteiger partial charge in [0.15, 0.2) is 0 Å². The van der Waals surface area contributed by atoms with Crippen molar-refractivity contribution in [2.45, 2.75) is 38.6 Å². The second-order valence-electron chi connectivity index (χ2n) is 5.00. The zero-order chi connectivity index (χ0) is 11.5. The van der Waals surface area contributed by atoms with Gasteiger partial charge in [0.05, 0.1) is 0 Å². The normalized spacial score (nSPS) is 19.4. The Kier molecular flexibility index (Phi) is 3.88. The Bertz CT molecular complexity index is 329. The van der Waals surface area contributed by atoms with Gasteiger partial charge < -0.3 is 5.32 Å². The molecule has 1 aliphatic rings. The zero-order valence-corrected chi connectivity index (χ0v) is 10.8. The van der Waals surface area contributed by atoms with Crippen LogP contribution in [0.5, 0.6) is 0 Å². The highest BCUT2D eigenvalue weighted by atomic mass is 35.5. The van der Waals surface area contributed by atoms with E-state index in [1.54, 1.807) is 0 Å². The standard InChI is InChI=1S/C14H20ClN/c1-10(9-16-14-7-8-14)11(2)12-3-5-13(15)6-4-12/h3-6,10-11,14,16H,7-9H2,1-2H3. The first-order valence-corrected chi connectivity index (χ1v) is 6.53. The number of benzene rings is 1. The molecule has 88 valence electrons. The molecule has 1 N–H and O–H groups in total. The van der Waals surface area contributed by atoms with Gasteiger partial charge in [0, 0.05) is 11.1 Å². The lowest BCUT2D eigenvalue weighted by Gasteiger charge is -2.20. The Morgan fingerprint density at radius 1 is 1.25 bits per heavy atom. The van der Waals surface area contributed by atoms with Gasteiger partial charge in [-0.05, 0) is 48.9 Å². The van der Waals surface area contributed by atoms with E-state index in [1.807, 2.05) is 12.1 Å². The lowest BCUT2D eigenvalue weighted by Crippen LogP contribution is -2.26. The first-order chi connectivity index (χ1) is 7.66. The monoisotopic (exact) mass is 237 g/mol. The summed E-state index contributed by atoms with van der Waals surface area (Å²) >= 11 is 5.89. The zero-order valence-electron chi connectivity index (χ0n) is 10.0. The van der Waals surface area contributed by atoms with Crippen molar-refractivity contribution in [1.82, 2.24) is 5.32 Å². The number of nitrogens with one attached hydrogen (secondary N) is 1. The minimum Gasteiger partial charge on any atom is -0.314 e. The average Bonchev–Trinajstić information content (AvgIpc) is 3.10. The maximum atomic E-state index is 5.89. The van der Waals surface area contributed by atoms with E-state index in [1.165, 1.54) is 18.4 Å². The Morgan fingerprint density at radius 2 is 1.88 bits per heavy atom. The van der Waals surface area contributed by atoms with Crippen LogP contribution in [0.3, 0.4) is 0 Å². The van der Waals surface area contributed by atoms with Gasteiger partial charge in [0.1, 0.15) is 0 Å². The predicted octanol–water partition coefficient (Wildman–Crippen LogP) is 3.83. The summed E-state index contributed by atoms with van der Waals surface area (Å²) in [6, 6.07) is 9.05. The second-order valence-corrected chi connectivity index (χ2v) is 5.44. The molecule has 0 saturated heterocycles. The van der Waals surface area contributed by atoms with Crippen LogP contribution in [-0.4, -0.2) is 12.6 Å². The van der Waals surface area contributed by atoms with E-state index in [4.69, 9.17) is 11.6 Å². The van der Waals surface area contributed by atoms with E-state index in [2.05, 4.69) is 31.3 Å². The highest BCUT2D eigenvalue weighted by molar-refractivity contribution is 6.30. The van der Waals surface area contributed by atoms with Gasteiger partial charge in [0.25, 0.3) is 0 Å². The third kappa shape index (κ3) is 3.23. The summed E-state index contributed by atoms with van der Waals surface area (Å²) in [6.07, 6.45) is 2.73. The number of rotatable bonds is 5. The fourth-order valence-electron chi connectivity index (χ4n) is 1.91. The maximum absolute atomic E-state index is 5.89. The third-order valence-electron chi connectivity index (χ3n) is 3.56. The summed E-state index contributed by atoms with van der Waals surface area (Å²) in [4.78, 5) is 0. The largest absolute Gasteiger partial charge is 0.314 e. The van der Waals surface area contributed by atoms with E-state index in [0.717, 1.165) is 17.6 Å². The molecule has 1 fully saturated rings. The molecule has 1 nitrogen and oxygen atoms in total. The molecule has 2 unspecified atom stereocenters. The summed E-state index contributed by atoms with van der Waals surface area (Å²) in [6.45, 7) is 5.73. The fourth-order valence-corrected chi connectivity index (χ4v) is 2.04. The Labute approximate surface area is 103 Å². The maximum Gasteiger partial charge on any atom is 0.0406 e. The van der Waals surface area contributed by atoms with Crippen molar-refractivity contribution in [3.8, 4) is 0 Å². The smallest absolute Gasteiger partial charge is 0.0406 e. The van der Waals surface area contributed by atoms with Crippen LogP contribution in [0.4, 0.5) is 0 Å². The quantitative estimate of drug-likeness (QED) is 0.821. The molecule has 0 aliphatic heterocycles. The summed E-state index contributed by atoms with van der Waals surface area (Å²) in [7, 11) is 0. The molecular weight excluding hydrogens is 218 g/mol. The molecule has 2 rings (SSSR count). The lowest BCUT2D eigenvalue weighted by atomic mass is 9.89. The van der Waals surface area contributed by atoms with Crippen molar-refractivity contribution in [2.75, 3.05) is 6.54 Å². The van der Waals surface area contributed by atoms with E-state index in [0.29, 0.717) is 11.8 Å². The summed E-state index contributed by atoms with van der Waals surface area (Å²) in [5.74, 6) is 1.25. The van der Waals surface area contributed by atoms with E-state index >= 15 is 0 Å². The molecule has 1 aromatic carbocycles. The molecule has 16 heavy (non-hydrogen) atoms. The van der Waals surface area contributed by atoms with Gasteiger partial charge >= 0.3 is 0 Å². The first-order valence-electron chi connectivity index (χ1n) is 6.15. The lowest BCUT2D eigenvalue weighted by molar-refractivity contribution is 0.446. The van der Waals surface area contributed by atoms with Crippen LogP contribution in [0.25, 0.3) is 0 Å². The number of hydrogen-bond donors (Lipinski definition) is 1. The van der Waals surface area contributed by atoms with Gasteiger partial charge in [0.2, 0.25) is 0 Å². The van der Waals surface area contributed by atoms with E-state index in [-0.39, 0.29) is 0 Å². The van der Waals surface area contributed by atoms with E-state index in [9.17, 15) is 0 Å². The van der Waals surface area contributed by atoms with Crippen LogP contribution >= 0.6 is 11.6 Å². The molecule has 0 amide bonds. The third-order valence-corrected chi connectivity index (χ3v) is 3.81. The van der Waals surface area contributed by atoms with Crippen LogP contribution in [0.15, 0.2) is 24.3 Å². The molecule has 1 saturated carbocycles. The SMILES string of the molecule is CC(CNC1CC1)C(C)c1ccc(Cl)cc1. The second kappa shape index (κ2) is 5.20. The molecule has 0 aromatic heterocycles. The van der Waals surface area contributed by atoms with Crippen LogP contribution in [-0.2, 0) is 0 Å². The van der Waals surface area contributed by atoms with Gasteiger partial charge in [-0.15, -0.1) is 0 Å². The Hall–Kier alpha value is -0.530. The van der Waals surface area contributed by atoms with Crippen molar-refractivity contribution in [3.63, 3.8) is 0 Å². The van der Waals surface area contributed by atoms with Crippen molar-refractivity contribution < 1.29 is 0 Å². The van der Waals surface area contributed by atoms with Gasteiger partial charge in [-0.3, -0.25) is 0 Å². The van der Waals surface area contributed by atoms with Gasteiger partial charge in [-0.1, -0.05) is 37.6 Å². The van der Waals surface area contributed by atoms with Gasteiger partial charge in [-0.25, -0.2) is 0 Å². The molecule has 1 aromatic rings. The molecule has 2 atom stereocenters. The Balaban J connectivity index is 1.88. The highest BCUT2D eigenvalue weighted by Crippen LogP contribution is 2.26. The molecule has 0 heterocycles. The molecule has 1 aliphatic carbocycles. The minimum atomic E-state index is 0.587. The van der Waals surface area contributed by atoms with Crippen molar-refractivity contribution in [1.29, 1.82) is 0 Å². The highest BCUT2D eigenvalue weighted by Gasteiger charge is 2.22. The first kappa shape index (κ1) is 11.9. The molecule has 2 heteroatoms.